The highest BCUT2D eigenvalue weighted by Crippen LogP contribution is 2.25. The van der Waals surface area contributed by atoms with E-state index in [1.807, 2.05) is 25.7 Å². The molecule has 1 amide bonds. The fourth-order valence-electron chi connectivity index (χ4n) is 2.96. The van der Waals surface area contributed by atoms with E-state index < -0.39 is 0 Å². The summed E-state index contributed by atoms with van der Waals surface area (Å²) in [4.78, 5) is 19.9. The van der Waals surface area contributed by atoms with Gasteiger partial charge in [-0.1, -0.05) is 25.1 Å². The van der Waals surface area contributed by atoms with Gasteiger partial charge in [0, 0.05) is 49.8 Å². The lowest BCUT2D eigenvalue weighted by molar-refractivity contribution is -0.121. The van der Waals surface area contributed by atoms with Gasteiger partial charge in [-0.2, -0.15) is 0 Å². The molecule has 2 atom stereocenters. The predicted octanol–water partition coefficient (Wildman–Crippen LogP) is 2.98. The predicted molar refractivity (Wildman–Crippen MR) is 111 cm³/mol. The van der Waals surface area contributed by atoms with Gasteiger partial charge < -0.3 is 15.5 Å². The third-order valence-corrected chi connectivity index (χ3v) is 5.92. The molecule has 144 valence electrons. The highest BCUT2D eigenvalue weighted by Gasteiger charge is 2.24. The topological polar surface area (TPSA) is 56.7 Å². The number of thioether (sulfide) groups is 1. The second kappa shape index (κ2) is 11.1. The molecule has 26 heavy (non-hydrogen) atoms. The van der Waals surface area contributed by atoms with Crippen molar-refractivity contribution < 1.29 is 4.79 Å². The zero-order valence-corrected chi connectivity index (χ0v) is 17.0. The quantitative estimate of drug-likeness (QED) is 0.416. The number of aliphatic imine (C=N–C) groups is 1. The molecule has 1 fully saturated rings. The Morgan fingerprint density at radius 3 is 2.85 bits per heavy atom. The normalized spacial score (nSPS) is 18.7. The van der Waals surface area contributed by atoms with Gasteiger partial charge in [0.05, 0.1) is 0 Å². The van der Waals surface area contributed by atoms with E-state index in [2.05, 4.69) is 57.8 Å². The van der Waals surface area contributed by atoms with Crippen LogP contribution in [-0.4, -0.2) is 55.2 Å². The van der Waals surface area contributed by atoms with Gasteiger partial charge in [-0.3, -0.25) is 9.79 Å². The van der Waals surface area contributed by atoms with Gasteiger partial charge in [0.1, 0.15) is 0 Å². The molecule has 0 bridgehead atoms. The molecule has 1 aliphatic heterocycles. The molecule has 2 N–H and O–H groups in total. The number of hydrogen-bond donors (Lipinski definition) is 2. The van der Waals surface area contributed by atoms with Crippen LogP contribution < -0.4 is 10.6 Å². The van der Waals surface area contributed by atoms with Crippen molar-refractivity contribution in [2.45, 2.75) is 44.0 Å². The van der Waals surface area contributed by atoms with E-state index >= 15 is 0 Å². The number of amides is 1. The molecule has 1 saturated heterocycles. The molecule has 1 aromatic carbocycles. The van der Waals surface area contributed by atoms with Crippen LogP contribution in [0.25, 0.3) is 0 Å². The Kier molecular flexibility index (Phi) is 8.81. The van der Waals surface area contributed by atoms with Crippen LogP contribution in [0, 0.1) is 5.92 Å². The Labute approximate surface area is 162 Å². The Bertz CT molecular complexity index is 578. The van der Waals surface area contributed by atoms with E-state index in [4.69, 9.17) is 0 Å². The summed E-state index contributed by atoms with van der Waals surface area (Å²) in [7, 11) is 1.81. The second-order valence-corrected chi connectivity index (χ2v) is 7.92. The standard InChI is InChI=1S/C20H32N4OS/c1-4-16(2)23-19(25)10-12-22-20(21-3)24-13-11-17(14-24)15-26-18-8-6-5-7-9-18/h5-9,16-17H,4,10-15H2,1-3H3,(H,21,22)(H,23,25). The van der Waals surface area contributed by atoms with Crippen molar-refractivity contribution in [2.75, 3.05) is 32.4 Å². The summed E-state index contributed by atoms with van der Waals surface area (Å²) >= 11 is 1.93. The number of carbonyl (C=O) groups is 1. The number of nitrogens with zero attached hydrogens (tertiary/aromatic N) is 2. The fraction of sp³-hybridized carbons (Fsp3) is 0.600. The van der Waals surface area contributed by atoms with Crippen LogP contribution in [0.4, 0.5) is 0 Å². The molecule has 2 unspecified atom stereocenters. The summed E-state index contributed by atoms with van der Waals surface area (Å²) in [5, 5.41) is 6.33. The van der Waals surface area contributed by atoms with E-state index in [1.165, 1.54) is 11.3 Å². The van der Waals surface area contributed by atoms with Crippen LogP contribution in [-0.2, 0) is 4.79 Å². The molecule has 0 radical (unpaired) electrons. The molecule has 0 spiro atoms. The first kappa shape index (κ1) is 20.6. The number of nitrogens with one attached hydrogen (secondary N) is 2. The lowest BCUT2D eigenvalue weighted by atomic mass is 10.2. The monoisotopic (exact) mass is 376 g/mol. The zero-order chi connectivity index (χ0) is 18.8. The van der Waals surface area contributed by atoms with Crippen molar-refractivity contribution >= 4 is 23.6 Å². The molecule has 1 heterocycles. The minimum atomic E-state index is 0.0980. The summed E-state index contributed by atoms with van der Waals surface area (Å²) in [6.45, 7) is 6.78. The molecule has 2 rings (SSSR count). The van der Waals surface area contributed by atoms with Crippen LogP contribution in [0.15, 0.2) is 40.2 Å². The average molecular weight is 377 g/mol. The highest BCUT2D eigenvalue weighted by atomic mass is 32.2. The van der Waals surface area contributed by atoms with E-state index in [1.54, 1.807) is 0 Å². The van der Waals surface area contributed by atoms with Gasteiger partial charge >= 0.3 is 0 Å². The molecule has 6 heteroatoms. The maximum Gasteiger partial charge on any atom is 0.221 e. The van der Waals surface area contributed by atoms with Crippen LogP contribution >= 0.6 is 11.8 Å². The van der Waals surface area contributed by atoms with E-state index in [-0.39, 0.29) is 11.9 Å². The minimum Gasteiger partial charge on any atom is -0.356 e. The van der Waals surface area contributed by atoms with Gasteiger partial charge in [0.2, 0.25) is 5.91 Å². The lowest BCUT2D eigenvalue weighted by Crippen LogP contribution is -2.42. The van der Waals surface area contributed by atoms with Crippen LogP contribution in [0.3, 0.4) is 0 Å². The van der Waals surface area contributed by atoms with Gasteiger partial charge in [0.25, 0.3) is 0 Å². The highest BCUT2D eigenvalue weighted by molar-refractivity contribution is 7.99. The Morgan fingerprint density at radius 2 is 2.15 bits per heavy atom. The van der Waals surface area contributed by atoms with E-state index in [0.717, 1.165) is 31.2 Å². The zero-order valence-electron chi connectivity index (χ0n) is 16.2. The molecule has 1 aliphatic rings. The molecular formula is C20H32N4OS. The molecule has 0 aromatic heterocycles. The first-order valence-electron chi connectivity index (χ1n) is 9.55. The van der Waals surface area contributed by atoms with Crippen molar-refractivity contribution in [1.82, 2.24) is 15.5 Å². The van der Waals surface area contributed by atoms with E-state index in [0.29, 0.717) is 18.9 Å². The van der Waals surface area contributed by atoms with Crippen LogP contribution in [0.1, 0.15) is 33.1 Å². The second-order valence-electron chi connectivity index (χ2n) is 6.83. The van der Waals surface area contributed by atoms with Crippen molar-refractivity contribution in [3.63, 3.8) is 0 Å². The summed E-state index contributed by atoms with van der Waals surface area (Å²) in [6.07, 6.45) is 2.62. The average Bonchev–Trinajstić information content (AvgIpc) is 3.13. The Hall–Kier alpha value is -1.69. The number of rotatable bonds is 8. The largest absolute Gasteiger partial charge is 0.356 e. The van der Waals surface area contributed by atoms with Crippen molar-refractivity contribution in [2.24, 2.45) is 10.9 Å². The van der Waals surface area contributed by atoms with Crippen molar-refractivity contribution in [1.29, 1.82) is 0 Å². The maximum atomic E-state index is 11.9. The molecule has 5 nitrogen and oxygen atoms in total. The molecule has 0 saturated carbocycles. The van der Waals surface area contributed by atoms with Gasteiger partial charge in [-0.05, 0) is 37.8 Å². The van der Waals surface area contributed by atoms with Crippen LogP contribution in [0.5, 0.6) is 0 Å². The number of likely N-dealkylation sites (tertiary alicyclic amines) is 1. The smallest absolute Gasteiger partial charge is 0.221 e. The molecule has 1 aromatic rings. The van der Waals surface area contributed by atoms with E-state index in [9.17, 15) is 4.79 Å². The van der Waals surface area contributed by atoms with Crippen molar-refractivity contribution in [3.05, 3.63) is 30.3 Å². The van der Waals surface area contributed by atoms with Gasteiger partial charge in [-0.15, -0.1) is 11.8 Å². The third-order valence-electron chi connectivity index (χ3n) is 4.68. The molecule has 0 aliphatic carbocycles. The Balaban J connectivity index is 1.69. The Morgan fingerprint density at radius 1 is 1.38 bits per heavy atom. The summed E-state index contributed by atoms with van der Waals surface area (Å²) in [6, 6.07) is 10.8. The fourth-order valence-corrected chi connectivity index (χ4v) is 4.01. The molecular weight excluding hydrogens is 344 g/mol. The first-order chi connectivity index (χ1) is 12.6. The van der Waals surface area contributed by atoms with Gasteiger partial charge in [0.15, 0.2) is 5.96 Å². The number of guanidine groups is 1. The SMILES string of the molecule is CCC(C)NC(=O)CCNC(=NC)N1CCC(CSc2ccccc2)C1. The third kappa shape index (κ3) is 6.90. The summed E-state index contributed by atoms with van der Waals surface area (Å²) in [5.41, 5.74) is 0. The van der Waals surface area contributed by atoms with Crippen LogP contribution in [0.2, 0.25) is 0 Å². The summed E-state index contributed by atoms with van der Waals surface area (Å²) in [5.74, 6) is 2.82. The maximum absolute atomic E-state index is 11.9. The number of hydrogen-bond acceptors (Lipinski definition) is 3. The summed E-state index contributed by atoms with van der Waals surface area (Å²) < 4.78 is 0. The minimum absolute atomic E-state index is 0.0980. The lowest BCUT2D eigenvalue weighted by Gasteiger charge is -2.22. The first-order valence-corrected chi connectivity index (χ1v) is 10.5. The van der Waals surface area contributed by atoms with Gasteiger partial charge in [-0.25, -0.2) is 0 Å². The number of carbonyl (C=O) groups excluding carboxylic acids is 1. The van der Waals surface area contributed by atoms with Crippen molar-refractivity contribution in [3.8, 4) is 0 Å². The number of benzene rings is 1.